The van der Waals surface area contributed by atoms with Crippen LogP contribution >= 0.6 is 71.0 Å². The molecule has 4 rings (SSSR count). The van der Waals surface area contributed by atoms with E-state index in [-0.39, 0.29) is 25.3 Å². The van der Waals surface area contributed by atoms with Crippen LogP contribution in [-0.2, 0) is 4.79 Å². The van der Waals surface area contributed by atoms with Gasteiger partial charge in [-0.15, -0.1) is 0 Å². The molecule has 1 aromatic heterocycles. The summed E-state index contributed by atoms with van der Waals surface area (Å²) in [6.07, 6.45) is 3.26. The lowest BCUT2D eigenvalue weighted by molar-refractivity contribution is -0.155. The van der Waals surface area contributed by atoms with Crippen molar-refractivity contribution in [1.82, 2.24) is 4.98 Å². The summed E-state index contributed by atoms with van der Waals surface area (Å²) >= 11 is 23.1. The summed E-state index contributed by atoms with van der Waals surface area (Å²) in [5, 5.41) is 3.68. The van der Waals surface area contributed by atoms with Gasteiger partial charge in [-0.1, -0.05) is 84.8 Å². The number of pyridine rings is 1. The number of halogens is 5. The smallest absolute Gasteiger partial charge is 0.233 e. The van der Waals surface area contributed by atoms with Gasteiger partial charge in [0.15, 0.2) is 5.82 Å². The average molecular weight is 550 g/mol. The van der Waals surface area contributed by atoms with E-state index < -0.39 is 5.41 Å². The maximum atomic E-state index is 13.1. The van der Waals surface area contributed by atoms with Crippen LogP contribution in [0.4, 0.5) is 5.82 Å². The van der Waals surface area contributed by atoms with E-state index in [0.29, 0.717) is 15.9 Å². The molecular weight excluding hydrogens is 535 g/mol. The summed E-state index contributed by atoms with van der Waals surface area (Å²) in [4.78, 5) is 17.3. The minimum absolute atomic E-state index is 0.0123. The van der Waals surface area contributed by atoms with Gasteiger partial charge >= 0.3 is 0 Å². The number of alkyl halides is 3. The number of nitrogens with one attached hydrogen (secondary N) is 1. The largest absolute Gasteiger partial charge is 0.309 e. The van der Waals surface area contributed by atoms with E-state index in [1.54, 1.807) is 6.07 Å². The molecule has 1 aromatic rings. The lowest BCUT2D eigenvalue weighted by Crippen LogP contribution is -2.71. The predicted octanol–water partition coefficient (Wildman–Crippen LogP) is 6.01. The maximum Gasteiger partial charge on any atom is 0.233 e. The van der Waals surface area contributed by atoms with Crippen LogP contribution in [0.25, 0.3) is 0 Å². The highest BCUT2D eigenvalue weighted by Crippen LogP contribution is 2.82. The lowest BCUT2D eigenvalue weighted by atomic mass is 9.43. The first kappa shape index (κ1) is 18.4. The van der Waals surface area contributed by atoms with E-state index in [9.17, 15) is 4.79 Å². The Kier molecular flexibility index (Phi) is 4.67. The summed E-state index contributed by atoms with van der Waals surface area (Å²) in [6.45, 7) is 4.31. The van der Waals surface area contributed by atoms with Gasteiger partial charge in [-0.3, -0.25) is 4.79 Å². The first-order valence-electron chi connectivity index (χ1n) is 7.16. The molecule has 0 saturated heterocycles. The van der Waals surface area contributed by atoms with Gasteiger partial charge < -0.3 is 5.32 Å². The number of carbonyl (C=O) groups excluding carboxylic acids is 1. The third-order valence-electron chi connectivity index (χ3n) is 5.93. The fraction of sp³-hybridized carbons (Fsp3) is 0.600. The van der Waals surface area contributed by atoms with Crippen molar-refractivity contribution in [2.75, 3.05) is 5.32 Å². The summed E-state index contributed by atoms with van der Waals surface area (Å²) in [6, 6.07) is 1.58. The van der Waals surface area contributed by atoms with Gasteiger partial charge in [-0.2, -0.15) is 0 Å². The van der Waals surface area contributed by atoms with Gasteiger partial charge in [0.2, 0.25) is 5.91 Å². The zero-order valence-electron chi connectivity index (χ0n) is 12.5. The molecule has 3 saturated carbocycles. The molecule has 3 unspecified atom stereocenters. The number of fused-ring (bicyclic) bond motifs is 1. The van der Waals surface area contributed by atoms with Crippen molar-refractivity contribution in [2.24, 2.45) is 16.2 Å². The Morgan fingerprint density at radius 3 is 2.52 bits per heavy atom. The molecule has 1 N–H and O–H groups in total. The molecule has 3 aliphatic carbocycles. The lowest BCUT2D eigenvalue weighted by Gasteiger charge is -2.66. The molecule has 2 bridgehead atoms. The van der Waals surface area contributed by atoms with Crippen molar-refractivity contribution < 1.29 is 4.79 Å². The highest BCUT2D eigenvalue weighted by molar-refractivity contribution is 9.24. The van der Waals surface area contributed by atoms with Crippen LogP contribution in [0.15, 0.2) is 12.3 Å². The number of hydrogen-bond donors (Lipinski definition) is 1. The quantitative estimate of drug-likeness (QED) is 0.469. The molecule has 3 aliphatic rings. The third-order valence-corrected chi connectivity index (χ3v) is 9.66. The Morgan fingerprint density at radius 1 is 1.39 bits per heavy atom. The first-order chi connectivity index (χ1) is 10.6. The molecule has 0 aliphatic heterocycles. The van der Waals surface area contributed by atoms with Gasteiger partial charge in [0.1, 0.15) is 0 Å². The van der Waals surface area contributed by atoms with Crippen molar-refractivity contribution in [3.05, 3.63) is 22.3 Å². The molecule has 23 heavy (non-hydrogen) atoms. The van der Waals surface area contributed by atoms with Crippen LogP contribution in [0.3, 0.4) is 0 Å². The van der Waals surface area contributed by atoms with Crippen molar-refractivity contribution >= 4 is 82.7 Å². The Morgan fingerprint density at radius 2 is 2.04 bits per heavy atom. The van der Waals surface area contributed by atoms with Gasteiger partial charge in [0.05, 0.1) is 19.2 Å². The standard InChI is InChI=1S/C15H15Br3Cl2N2O/c1-13(2)14(11(17)18)3-4-15(13,10(14)16)12(23)22-9-8(20)5-7(19)6-21-9/h5-6,10-11H,3-4H2,1-2H3,(H,21,22,23). The number of rotatable bonds is 3. The van der Waals surface area contributed by atoms with Crippen LogP contribution in [0.2, 0.25) is 10.0 Å². The number of carbonyl (C=O) groups is 1. The fourth-order valence-electron chi connectivity index (χ4n) is 4.42. The Balaban J connectivity index is 1.92. The monoisotopic (exact) mass is 546 g/mol. The zero-order valence-corrected chi connectivity index (χ0v) is 18.7. The molecule has 0 spiro atoms. The van der Waals surface area contributed by atoms with Crippen molar-refractivity contribution in [1.29, 1.82) is 0 Å². The second-order valence-electron chi connectivity index (χ2n) is 6.74. The van der Waals surface area contributed by atoms with E-state index in [1.165, 1.54) is 6.20 Å². The minimum Gasteiger partial charge on any atom is -0.309 e. The summed E-state index contributed by atoms with van der Waals surface area (Å²) in [5.41, 5.74) is -0.673. The maximum absolute atomic E-state index is 13.1. The number of anilines is 1. The molecule has 3 atom stereocenters. The fourth-order valence-corrected chi connectivity index (χ4v) is 9.77. The van der Waals surface area contributed by atoms with Gasteiger partial charge in [-0.25, -0.2) is 4.98 Å². The number of nitrogens with zero attached hydrogens (tertiary/aromatic N) is 1. The molecule has 3 fully saturated rings. The highest BCUT2D eigenvalue weighted by atomic mass is 79.9. The molecule has 0 aromatic carbocycles. The van der Waals surface area contributed by atoms with E-state index in [1.807, 2.05) is 0 Å². The topological polar surface area (TPSA) is 42.0 Å². The van der Waals surface area contributed by atoms with Gasteiger partial charge in [-0.05, 0) is 24.3 Å². The third kappa shape index (κ3) is 2.17. The molecule has 0 radical (unpaired) electrons. The summed E-state index contributed by atoms with van der Waals surface area (Å²) < 4.78 is 0.141. The summed E-state index contributed by atoms with van der Waals surface area (Å²) in [7, 11) is 0. The number of amides is 1. The van der Waals surface area contributed by atoms with Crippen molar-refractivity contribution in [3.8, 4) is 0 Å². The molecule has 3 nitrogen and oxygen atoms in total. The normalized spacial score (nSPS) is 34.3. The second kappa shape index (κ2) is 5.83. The van der Waals surface area contributed by atoms with Crippen LogP contribution in [0.5, 0.6) is 0 Å². The van der Waals surface area contributed by atoms with Crippen molar-refractivity contribution in [2.45, 2.75) is 35.3 Å². The summed E-state index contributed by atoms with van der Waals surface area (Å²) in [5.74, 6) is 0.305. The van der Waals surface area contributed by atoms with Crippen LogP contribution in [0.1, 0.15) is 26.7 Å². The van der Waals surface area contributed by atoms with Gasteiger partial charge in [0.25, 0.3) is 0 Å². The van der Waals surface area contributed by atoms with Gasteiger partial charge in [0, 0.05) is 16.4 Å². The Bertz CT molecular complexity index is 685. The second-order valence-corrected chi connectivity index (χ2v) is 11.6. The SMILES string of the molecule is CC1(C)C2(C(=O)Nc3ncc(Cl)cc3Cl)CCC1(C(Br)Br)C2Br. The molecule has 126 valence electrons. The van der Waals surface area contributed by atoms with E-state index in [0.717, 1.165) is 12.8 Å². The van der Waals surface area contributed by atoms with Crippen LogP contribution < -0.4 is 5.32 Å². The Hall–Kier alpha value is 0.640. The van der Waals surface area contributed by atoms with Crippen LogP contribution in [0, 0.1) is 16.2 Å². The van der Waals surface area contributed by atoms with Crippen molar-refractivity contribution in [3.63, 3.8) is 0 Å². The molecule has 8 heteroatoms. The zero-order chi connectivity index (χ0) is 17.2. The van der Waals surface area contributed by atoms with E-state index >= 15 is 0 Å². The molecule has 1 amide bonds. The van der Waals surface area contributed by atoms with Crippen LogP contribution in [-0.4, -0.2) is 19.5 Å². The van der Waals surface area contributed by atoms with E-state index in [4.69, 9.17) is 23.2 Å². The molecule has 1 heterocycles. The average Bonchev–Trinajstić information content (AvgIpc) is 2.91. The predicted molar refractivity (Wildman–Crippen MR) is 105 cm³/mol. The number of hydrogen-bond acceptors (Lipinski definition) is 2. The first-order valence-corrected chi connectivity index (χ1v) is 10.7. The highest BCUT2D eigenvalue weighted by Gasteiger charge is 2.83. The minimum atomic E-state index is -0.489. The van der Waals surface area contributed by atoms with E-state index in [2.05, 4.69) is 71.9 Å². The number of aromatic nitrogens is 1. The Labute approximate surface area is 170 Å². The molecular formula is C15H15Br3Cl2N2O.